The van der Waals surface area contributed by atoms with Gasteiger partial charge in [0.2, 0.25) is 0 Å². The molecule has 0 saturated carbocycles. The second-order valence-electron chi connectivity index (χ2n) is 10.1. The lowest BCUT2D eigenvalue weighted by molar-refractivity contribution is 0.0757. The van der Waals surface area contributed by atoms with Gasteiger partial charge in [-0.25, -0.2) is 4.98 Å². The normalized spacial score (nSPS) is 18.1. The van der Waals surface area contributed by atoms with Crippen LogP contribution in [0.25, 0.3) is 22.2 Å². The topological polar surface area (TPSA) is 108 Å². The quantitative estimate of drug-likeness (QED) is 0.449. The molecule has 0 unspecified atom stereocenters. The van der Waals surface area contributed by atoms with Crippen LogP contribution in [-0.2, 0) is 29.8 Å². The van der Waals surface area contributed by atoms with Crippen molar-refractivity contribution in [3.63, 3.8) is 0 Å². The van der Waals surface area contributed by atoms with Crippen molar-refractivity contribution in [3.05, 3.63) is 94.3 Å². The largest absolute Gasteiger partial charge is 0.375 e. The molecule has 0 radical (unpaired) electrons. The van der Waals surface area contributed by atoms with Gasteiger partial charge in [0.1, 0.15) is 5.41 Å². The molecule has 4 heterocycles. The van der Waals surface area contributed by atoms with Crippen molar-refractivity contribution >= 4 is 22.7 Å². The lowest BCUT2D eigenvalue weighted by atomic mass is 9.79. The van der Waals surface area contributed by atoms with Crippen molar-refractivity contribution in [3.8, 4) is 17.3 Å². The van der Waals surface area contributed by atoms with Crippen LogP contribution in [0, 0.1) is 11.3 Å². The Labute approximate surface area is 219 Å². The zero-order chi connectivity index (χ0) is 26.4. The number of rotatable bonds is 4. The van der Waals surface area contributed by atoms with Gasteiger partial charge < -0.3 is 15.0 Å². The summed E-state index contributed by atoms with van der Waals surface area (Å²) in [7, 11) is 1.80. The Morgan fingerprint density at radius 1 is 1.16 bits per heavy atom. The maximum absolute atomic E-state index is 12.9. The van der Waals surface area contributed by atoms with E-state index in [1.54, 1.807) is 30.3 Å². The number of fused-ring (bicyclic) bond motifs is 3. The summed E-state index contributed by atoms with van der Waals surface area (Å²) in [6.07, 6.45) is 1.74. The Morgan fingerprint density at radius 3 is 2.84 bits per heavy atom. The number of nitrogens with one attached hydrogen (secondary N) is 1. The van der Waals surface area contributed by atoms with Gasteiger partial charge in [0, 0.05) is 41.9 Å². The molecule has 6 rings (SSSR count). The third-order valence-corrected chi connectivity index (χ3v) is 7.31. The molecular formula is C30H25N5O3. The number of hydrogen-bond donors (Lipinski definition) is 1. The van der Waals surface area contributed by atoms with E-state index in [0.717, 1.165) is 44.4 Å². The fourth-order valence-electron chi connectivity index (χ4n) is 5.09. The highest BCUT2D eigenvalue weighted by Crippen LogP contribution is 2.33. The molecule has 0 bridgehead atoms. The molecule has 0 spiro atoms. The molecule has 8 heteroatoms. The van der Waals surface area contributed by atoms with E-state index < -0.39 is 5.41 Å². The van der Waals surface area contributed by atoms with Gasteiger partial charge in [-0.1, -0.05) is 18.2 Å². The van der Waals surface area contributed by atoms with Gasteiger partial charge in [-0.05, 0) is 60.0 Å². The summed E-state index contributed by atoms with van der Waals surface area (Å²) in [6.45, 7) is 3.42. The van der Waals surface area contributed by atoms with Crippen molar-refractivity contribution in [2.75, 3.05) is 13.7 Å². The number of hydrogen-bond acceptors (Lipinski definition) is 6. The van der Waals surface area contributed by atoms with E-state index in [2.05, 4.69) is 16.4 Å². The van der Waals surface area contributed by atoms with Crippen molar-refractivity contribution < 1.29 is 14.3 Å². The average molecular weight is 504 g/mol. The Morgan fingerprint density at radius 2 is 2.00 bits per heavy atom. The van der Waals surface area contributed by atoms with E-state index in [-0.39, 0.29) is 18.4 Å². The van der Waals surface area contributed by atoms with Gasteiger partial charge in [0.05, 0.1) is 42.7 Å². The van der Waals surface area contributed by atoms with E-state index in [1.165, 1.54) is 0 Å². The molecule has 4 aromatic rings. The Bertz CT molecular complexity index is 1670. The maximum atomic E-state index is 12.9. The second kappa shape index (κ2) is 9.05. The zero-order valence-electron chi connectivity index (χ0n) is 21.1. The SMILES string of the molecule is CN1Cc2ccc(-c3ccc4cnc(CNC(=O)c5ccc6c(c5)[C@](C)(C#N)COC6)cc4n3)cc2C1=O. The highest BCUT2D eigenvalue weighted by molar-refractivity contribution is 5.99. The molecule has 0 fully saturated rings. The monoisotopic (exact) mass is 503 g/mol. The summed E-state index contributed by atoms with van der Waals surface area (Å²) >= 11 is 0. The predicted molar refractivity (Wildman–Crippen MR) is 141 cm³/mol. The van der Waals surface area contributed by atoms with Gasteiger partial charge in [0.15, 0.2) is 0 Å². The van der Waals surface area contributed by atoms with E-state index in [9.17, 15) is 14.9 Å². The smallest absolute Gasteiger partial charge is 0.254 e. The summed E-state index contributed by atoms with van der Waals surface area (Å²) in [4.78, 5) is 36.4. The average Bonchev–Trinajstić information content (AvgIpc) is 3.23. The number of carbonyl (C=O) groups is 2. The summed E-state index contributed by atoms with van der Waals surface area (Å²) in [6, 6.07) is 19.3. The minimum Gasteiger partial charge on any atom is -0.375 e. The molecule has 8 nitrogen and oxygen atoms in total. The highest BCUT2D eigenvalue weighted by atomic mass is 16.5. The molecular weight excluding hydrogens is 478 g/mol. The van der Waals surface area contributed by atoms with Crippen LogP contribution in [0.4, 0.5) is 0 Å². The Balaban J connectivity index is 1.22. The summed E-state index contributed by atoms with van der Waals surface area (Å²) < 4.78 is 5.55. The first kappa shape index (κ1) is 23.8. The van der Waals surface area contributed by atoms with Crippen LogP contribution in [0.15, 0.2) is 60.8 Å². The lowest BCUT2D eigenvalue weighted by Gasteiger charge is -2.30. The predicted octanol–water partition coefficient (Wildman–Crippen LogP) is 4.12. The molecule has 188 valence electrons. The molecule has 38 heavy (non-hydrogen) atoms. The summed E-state index contributed by atoms with van der Waals surface area (Å²) in [5, 5.41) is 13.5. The first-order valence-electron chi connectivity index (χ1n) is 12.4. The molecule has 1 atom stereocenters. The molecule has 2 aliphatic heterocycles. The summed E-state index contributed by atoms with van der Waals surface area (Å²) in [5.41, 5.74) is 6.28. The number of pyridine rings is 2. The molecule has 2 amide bonds. The number of nitrogens with zero attached hydrogens (tertiary/aromatic N) is 4. The first-order chi connectivity index (χ1) is 18.3. The van der Waals surface area contributed by atoms with Gasteiger partial charge in [-0.3, -0.25) is 14.6 Å². The van der Waals surface area contributed by atoms with Crippen molar-refractivity contribution in [1.29, 1.82) is 5.26 Å². The number of nitriles is 1. The lowest BCUT2D eigenvalue weighted by Crippen LogP contribution is -2.33. The van der Waals surface area contributed by atoms with E-state index >= 15 is 0 Å². The highest BCUT2D eigenvalue weighted by Gasteiger charge is 2.33. The number of ether oxygens (including phenoxy) is 1. The standard InChI is InChI=1S/C30H25N5O3/c1-30(16-31)17-38-15-22-6-4-19(10-25(22)30)28(36)33-13-23-11-27-20(12-32-23)7-8-26(34-27)18-3-5-21-14-35(2)29(37)24(21)9-18/h3-12H,13-15,17H2,1-2H3,(H,33,36)/t30-/m1/s1. The van der Waals surface area contributed by atoms with Gasteiger partial charge in [-0.15, -0.1) is 0 Å². The summed E-state index contributed by atoms with van der Waals surface area (Å²) in [5.74, 6) is -0.217. The van der Waals surface area contributed by atoms with Crippen LogP contribution >= 0.6 is 0 Å². The molecule has 0 aliphatic carbocycles. The fraction of sp³-hybridized carbons (Fsp3) is 0.233. The molecule has 1 N–H and O–H groups in total. The van der Waals surface area contributed by atoms with Crippen molar-refractivity contribution in [1.82, 2.24) is 20.2 Å². The van der Waals surface area contributed by atoms with Crippen LogP contribution < -0.4 is 5.32 Å². The first-order valence-corrected chi connectivity index (χ1v) is 12.4. The van der Waals surface area contributed by atoms with Crippen LogP contribution in [0.1, 0.15) is 50.0 Å². The number of aromatic nitrogens is 2. The second-order valence-corrected chi connectivity index (χ2v) is 10.1. The third kappa shape index (κ3) is 4.07. The minimum atomic E-state index is -0.783. The van der Waals surface area contributed by atoms with E-state index in [0.29, 0.717) is 31.0 Å². The van der Waals surface area contributed by atoms with Gasteiger partial charge >= 0.3 is 0 Å². The molecule has 2 aromatic heterocycles. The molecule has 0 saturated heterocycles. The number of carbonyl (C=O) groups excluding carboxylic acids is 2. The van der Waals surface area contributed by atoms with Crippen LogP contribution in [0.5, 0.6) is 0 Å². The maximum Gasteiger partial charge on any atom is 0.254 e. The number of amides is 2. The molecule has 2 aliphatic rings. The molecule has 2 aromatic carbocycles. The van der Waals surface area contributed by atoms with Gasteiger partial charge in [0.25, 0.3) is 11.8 Å². The van der Waals surface area contributed by atoms with E-state index in [4.69, 9.17) is 9.72 Å². The third-order valence-electron chi connectivity index (χ3n) is 7.31. The Kier molecular flexibility index (Phi) is 5.66. The Hall–Kier alpha value is -4.61. The zero-order valence-corrected chi connectivity index (χ0v) is 21.1. The van der Waals surface area contributed by atoms with E-state index in [1.807, 2.05) is 49.4 Å². The van der Waals surface area contributed by atoms with Crippen LogP contribution in [-0.4, -0.2) is 40.3 Å². The van der Waals surface area contributed by atoms with Crippen molar-refractivity contribution in [2.45, 2.75) is 32.0 Å². The van der Waals surface area contributed by atoms with Crippen molar-refractivity contribution in [2.24, 2.45) is 0 Å². The number of benzene rings is 2. The van der Waals surface area contributed by atoms with Gasteiger partial charge in [-0.2, -0.15) is 5.26 Å². The minimum absolute atomic E-state index is 0.0226. The van der Waals surface area contributed by atoms with Crippen LogP contribution in [0.3, 0.4) is 0 Å². The van der Waals surface area contributed by atoms with Crippen LogP contribution in [0.2, 0.25) is 0 Å². The fourth-order valence-corrected chi connectivity index (χ4v) is 5.09.